The van der Waals surface area contributed by atoms with Crippen LogP contribution in [-0.2, 0) is 9.59 Å². The number of benzene rings is 3. The van der Waals surface area contributed by atoms with Crippen LogP contribution in [0.3, 0.4) is 0 Å². The van der Waals surface area contributed by atoms with Gasteiger partial charge in [0.05, 0.1) is 44.0 Å². The van der Waals surface area contributed by atoms with E-state index < -0.39 is 17.7 Å². The second-order valence-electron chi connectivity index (χ2n) is 8.57. The molecule has 9 heteroatoms. The maximum atomic E-state index is 13.4. The number of anilines is 1. The third kappa shape index (κ3) is 4.04. The molecule has 1 saturated heterocycles. The Hall–Kier alpha value is -4.79. The summed E-state index contributed by atoms with van der Waals surface area (Å²) in [5.41, 5.74) is 2.90. The van der Waals surface area contributed by atoms with Gasteiger partial charge in [0.2, 0.25) is 5.95 Å². The molecule has 2 heterocycles. The van der Waals surface area contributed by atoms with Gasteiger partial charge in [-0.05, 0) is 60.5 Å². The molecule has 1 aliphatic rings. The molecule has 5 rings (SSSR count). The number of fused-ring (bicyclic) bond motifs is 1. The van der Waals surface area contributed by atoms with Crippen LogP contribution in [0.4, 0.5) is 5.95 Å². The van der Waals surface area contributed by atoms with Gasteiger partial charge in [-0.1, -0.05) is 12.1 Å². The van der Waals surface area contributed by atoms with Crippen LogP contribution in [0.1, 0.15) is 22.7 Å². The number of hydrogen-bond donors (Lipinski definition) is 2. The van der Waals surface area contributed by atoms with Crippen molar-refractivity contribution in [2.24, 2.45) is 0 Å². The van der Waals surface area contributed by atoms with Crippen molar-refractivity contribution in [1.29, 1.82) is 0 Å². The molecule has 188 valence electrons. The first-order valence-electron chi connectivity index (χ1n) is 11.5. The number of rotatable bonds is 6. The second-order valence-corrected chi connectivity index (χ2v) is 8.57. The topological polar surface area (TPSA) is 114 Å². The highest BCUT2D eigenvalue weighted by atomic mass is 16.5. The Kier molecular flexibility index (Phi) is 6.04. The highest BCUT2D eigenvalue weighted by molar-refractivity contribution is 6.51. The molecular weight excluding hydrogens is 474 g/mol. The molecule has 1 fully saturated rings. The Labute approximate surface area is 212 Å². The molecule has 3 aromatic carbocycles. The van der Waals surface area contributed by atoms with Crippen molar-refractivity contribution in [3.8, 4) is 17.2 Å². The first-order valence-corrected chi connectivity index (χ1v) is 11.5. The second kappa shape index (κ2) is 9.34. The molecule has 1 aliphatic heterocycles. The lowest BCUT2D eigenvalue weighted by atomic mass is 9.94. The zero-order valence-corrected chi connectivity index (χ0v) is 20.7. The number of imidazole rings is 1. The van der Waals surface area contributed by atoms with Crippen LogP contribution in [0.2, 0.25) is 0 Å². The van der Waals surface area contributed by atoms with Crippen molar-refractivity contribution in [3.63, 3.8) is 0 Å². The number of aliphatic hydroxyl groups excluding tert-OH is 1. The van der Waals surface area contributed by atoms with Gasteiger partial charge in [-0.2, -0.15) is 0 Å². The van der Waals surface area contributed by atoms with Crippen LogP contribution in [0.5, 0.6) is 17.2 Å². The highest BCUT2D eigenvalue weighted by Crippen LogP contribution is 2.42. The zero-order valence-electron chi connectivity index (χ0n) is 20.7. The molecule has 1 atom stereocenters. The van der Waals surface area contributed by atoms with Crippen molar-refractivity contribution in [2.45, 2.75) is 13.0 Å². The number of nitrogens with one attached hydrogen (secondary N) is 1. The Balaban J connectivity index is 1.71. The van der Waals surface area contributed by atoms with Crippen molar-refractivity contribution >= 4 is 34.4 Å². The summed E-state index contributed by atoms with van der Waals surface area (Å²) in [7, 11) is 4.66. The first kappa shape index (κ1) is 23.9. The number of carbonyl (C=O) groups excluding carboxylic acids is 2. The number of ketones is 1. The number of aromatic nitrogens is 2. The molecule has 9 nitrogen and oxygen atoms in total. The van der Waals surface area contributed by atoms with Crippen LogP contribution < -0.4 is 19.1 Å². The number of Topliss-reactive ketones (excluding diaryl/α,β-unsaturated/α-hetero) is 1. The molecule has 0 saturated carbocycles. The number of aryl methyl sites for hydroxylation is 1. The van der Waals surface area contributed by atoms with Gasteiger partial charge in [0.25, 0.3) is 5.78 Å². The Morgan fingerprint density at radius 1 is 0.892 bits per heavy atom. The largest absolute Gasteiger partial charge is 0.507 e. The standard InChI is InChI=1S/C28H25N3O6/c1-15-13-18(36-3)9-11-20(15)25(32)23-24(16-5-7-17(35-2)8-6-16)31(27(34)26(23)33)28-29-21-12-10-19(37-4)14-22(21)30-28/h5-14,24,32H,1-4H3,(H,29,30)/b25-23+. The normalized spacial score (nSPS) is 16.9. The molecular formula is C28H25N3O6. The van der Waals surface area contributed by atoms with Gasteiger partial charge in [-0.3, -0.25) is 14.5 Å². The smallest absolute Gasteiger partial charge is 0.302 e. The fourth-order valence-electron chi connectivity index (χ4n) is 4.54. The van der Waals surface area contributed by atoms with E-state index in [4.69, 9.17) is 14.2 Å². The van der Waals surface area contributed by atoms with E-state index in [0.29, 0.717) is 45.0 Å². The number of amides is 1. The van der Waals surface area contributed by atoms with E-state index in [-0.39, 0.29) is 17.3 Å². The van der Waals surface area contributed by atoms with Crippen LogP contribution >= 0.6 is 0 Å². The van der Waals surface area contributed by atoms with E-state index >= 15 is 0 Å². The molecule has 2 N–H and O–H groups in total. The molecule has 0 spiro atoms. The molecule has 4 aromatic rings. The Bertz CT molecular complexity index is 1550. The average molecular weight is 500 g/mol. The van der Waals surface area contributed by atoms with Gasteiger partial charge in [0.15, 0.2) is 0 Å². The highest BCUT2D eigenvalue weighted by Gasteiger charge is 2.48. The van der Waals surface area contributed by atoms with E-state index in [9.17, 15) is 14.7 Å². The number of H-pyrrole nitrogens is 1. The third-order valence-corrected chi connectivity index (χ3v) is 6.47. The summed E-state index contributed by atoms with van der Waals surface area (Å²) < 4.78 is 15.8. The van der Waals surface area contributed by atoms with Gasteiger partial charge < -0.3 is 24.3 Å². The molecule has 1 amide bonds. The summed E-state index contributed by atoms with van der Waals surface area (Å²) in [5.74, 6) is 0.121. The predicted octanol–water partition coefficient (Wildman–Crippen LogP) is 4.52. The van der Waals surface area contributed by atoms with Crippen LogP contribution in [0.15, 0.2) is 66.2 Å². The number of carbonyl (C=O) groups is 2. The minimum Gasteiger partial charge on any atom is -0.507 e. The van der Waals surface area contributed by atoms with Gasteiger partial charge >= 0.3 is 5.91 Å². The van der Waals surface area contributed by atoms with Crippen LogP contribution in [0.25, 0.3) is 16.8 Å². The van der Waals surface area contributed by atoms with Crippen molar-refractivity contribution in [2.75, 3.05) is 26.2 Å². The van der Waals surface area contributed by atoms with Gasteiger partial charge in [-0.25, -0.2) is 4.98 Å². The van der Waals surface area contributed by atoms with Crippen molar-refractivity contribution in [3.05, 3.63) is 82.9 Å². The number of methoxy groups -OCH3 is 3. The zero-order chi connectivity index (χ0) is 26.3. The lowest BCUT2D eigenvalue weighted by Gasteiger charge is -2.23. The van der Waals surface area contributed by atoms with E-state index in [1.165, 1.54) is 4.90 Å². The summed E-state index contributed by atoms with van der Waals surface area (Å²) >= 11 is 0. The van der Waals surface area contributed by atoms with E-state index in [0.717, 1.165) is 0 Å². The molecule has 1 unspecified atom stereocenters. The lowest BCUT2D eigenvalue weighted by Crippen LogP contribution is -2.30. The van der Waals surface area contributed by atoms with Crippen LogP contribution in [0, 0.1) is 6.92 Å². The number of nitrogens with zero attached hydrogens (tertiary/aromatic N) is 2. The summed E-state index contributed by atoms with van der Waals surface area (Å²) in [5, 5.41) is 11.4. The number of hydrogen-bond acceptors (Lipinski definition) is 7. The van der Waals surface area contributed by atoms with Crippen LogP contribution in [-0.4, -0.2) is 48.1 Å². The summed E-state index contributed by atoms with van der Waals surface area (Å²) in [4.78, 5) is 35.9. The minimum atomic E-state index is -0.935. The van der Waals surface area contributed by atoms with E-state index in [1.807, 2.05) is 0 Å². The molecule has 0 radical (unpaired) electrons. The van der Waals surface area contributed by atoms with Crippen molar-refractivity contribution in [1.82, 2.24) is 9.97 Å². The maximum Gasteiger partial charge on any atom is 0.302 e. The Morgan fingerprint density at radius 3 is 2.16 bits per heavy atom. The third-order valence-electron chi connectivity index (χ3n) is 6.47. The quantitative estimate of drug-likeness (QED) is 0.228. The van der Waals surface area contributed by atoms with E-state index in [2.05, 4.69) is 9.97 Å². The van der Waals surface area contributed by atoms with Gasteiger partial charge in [0.1, 0.15) is 23.0 Å². The molecule has 37 heavy (non-hydrogen) atoms. The monoisotopic (exact) mass is 499 g/mol. The SMILES string of the molecule is COc1ccc(C2/C(=C(\O)c3ccc(OC)cc3C)C(=O)C(=O)N2c2nc3ccc(OC)cc3[nH]2)cc1. The summed E-state index contributed by atoms with van der Waals surface area (Å²) in [6.07, 6.45) is 0. The summed E-state index contributed by atoms with van der Waals surface area (Å²) in [6, 6.07) is 16.4. The number of aromatic amines is 1. The molecule has 1 aromatic heterocycles. The fraction of sp³-hybridized carbons (Fsp3) is 0.179. The number of ether oxygens (including phenoxy) is 3. The van der Waals surface area contributed by atoms with Gasteiger partial charge in [-0.15, -0.1) is 0 Å². The maximum absolute atomic E-state index is 13.4. The first-order chi connectivity index (χ1) is 17.9. The average Bonchev–Trinajstić information content (AvgIpc) is 3.45. The predicted molar refractivity (Wildman–Crippen MR) is 138 cm³/mol. The lowest BCUT2D eigenvalue weighted by molar-refractivity contribution is -0.132. The summed E-state index contributed by atoms with van der Waals surface area (Å²) in [6.45, 7) is 1.79. The molecule has 0 bridgehead atoms. The Morgan fingerprint density at radius 2 is 1.51 bits per heavy atom. The van der Waals surface area contributed by atoms with Gasteiger partial charge in [0, 0.05) is 11.6 Å². The number of aliphatic hydroxyl groups is 1. The van der Waals surface area contributed by atoms with Crippen molar-refractivity contribution < 1.29 is 28.9 Å². The van der Waals surface area contributed by atoms with E-state index in [1.54, 1.807) is 88.9 Å². The molecule has 0 aliphatic carbocycles. The minimum absolute atomic E-state index is 0.0403. The fourth-order valence-corrected chi connectivity index (χ4v) is 4.54.